The van der Waals surface area contributed by atoms with E-state index in [1.54, 1.807) is 30.3 Å². The van der Waals surface area contributed by atoms with E-state index in [9.17, 15) is 21.6 Å². The van der Waals surface area contributed by atoms with Crippen LogP contribution in [0.3, 0.4) is 0 Å². The number of rotatable bonds is 5. The van der Waals surface area contributed by atoms with Crippen molar-refractivity contribution in [1.82, 2.24) is 5.48 Å². The summed E-state index contributed by atoms with van der Waals surface area (Å²) in [7, 11) is -8.18. The molecular weight excluding hydrogens is 354 g/mol. The first-order chi connectivity index (χ1) is 11.1. The van der Waals surface area contributed by atoms with Gasteiger partial charge in [0.25, 0.3) is 5.91 Å². The molecule has 0 aliphatic heterocycles. The van der Waals surface area contributed by atoms with Gasteiger partial charge in [0.05, 0.1) is 10.1 Å². The first-order valence-corrected chi connectivity index (χ1v) is 10.4. The minimum absolute atomic E-state index is 0.190. The Morgan fingerprint density at radius 1 is 1.04 bits per heavy atom. The number of fused-ring (bicyclic) bond motifs is 1. The van der Waals surface area contributed by atoms with Gasteiger partial charge in [-0.15, -0.1) is 0 Å². The Hall–Kier alpha value is -1.97. The molecule has 2 unspecified atom stereocenters. The van der Waals surface area contributed by atoms with Gasteiger partial charge in [-0.05, 0) is 29.8 Å². The molecule has 2 N–H and O–H groups in total. The molecular formula is C15H17NO6S2. The molecule has 0 saturated heterocycles. The van der Waals surface area contributed by atoms with Crippen LogP contribution in [0, 0.1) is 0 Å². The summed E-state index contributed by atoms with van der Waals surface area (Å²) >= 11 is 0. The van der Waals surface area contributed by atoms with Gasteiger partial charge in [0.15, 0.2) is 24.9 Å². The molecule has 2 atom stereocenters. The number of hydrogen-bond donors (Lipinski definition) is 2. The van der Waals surface area contributed by atoms with Crippen molar-refractivity contribution in [2.75, 3.05) is 6.26 Å². The van der Waals surface area contributed by atoms with Crippen LogP contribution in [0.25, 0.3) is 10.8 Å². The highest BCUT2D eigenvalue weighted by Gasteiger charge is 2.43. The monoisotopic (exact) mass is 371 g/mol. The van der Waals surface area contributed by atoms with Gasteiger partial charge in [0, 0.05) is 6.26 Å². The van der Waals surface area contributed by atoms with Gasteiger partial charge < -0.3 is 0 Å². The van der Waals surface area contributed by atoms with Crippen LogP contribution in [-0.4, -0.2) is 44.7 Å². The van der Waals surface area contributed by atoms with Crippen molar-refractivity contribution < 1.29 is 26.8 Å². The molecule has 0 fully saturated rings. The van der Waals surface area contributed by atoms with Gasteiger partial charge in [0.2, 0.25) is 0 Å². The van der Waals surface area contributed by atoms with E-state index in [0.29, 0.717) is 5.39 Å². The topological polar surface area (TPSA) is 118 Å². The van der Waals surface area contributed by atoms with E-state index in [4.69, 9.17) is 5.21 Å². The zero-order valence-electron chi connectivity index (χ0n) is 13.0. The fraction of sp³-hybridized carbons (Fsp3) is 0.267. The Kier molecular flexibility index (Phi) is 4.97. The number of carbonyl (C=O) groups excluding carboxylic acids is 1. The molecule has 2 aromatic carbocycles. The molecule has 1 amide bonds. The highest BCUT2D eigenvalue weighted by molar-refractivity contribution is 7.96. The number of sulfone groups is 2. The Labute approximate surface area is 140 Å². The average Bonchev–Trinajstić information content (AvgIpc) is 2.53. The number of hydroxylamine groups is 1. The van der Waals surface area contributed by atoms with E-state index in [2.05, 4.69) is 0 Å². The summed E-state index contributed by atoms with van der Waals surface area (Å²) in [5.74, 6) is -1.29. The molecule has 0 saturated carbocycles. The summed E-state index contributed by atoms with van der Waals surface area (Å²) in [5, 5.41) is 6.79. The van der Waals surface area contributed by atoms with Crippen molar-refractivity contribution in [1.29, 1.82) is 0 Å². The Morgan fingerprint density at radius 2 is 1.62 bits per heavy atom. The van der Waals surface area contributed by atoms with E-state index in [-0.39, 0.29) is 4.90 Å². The van der Waals surface area contributed by atoms with Crippen LogP contribution in [0.4, 0.5) is 0 Å². The molecule has 24 heavy (non-hydrogen) atoms. The van der Waals surface area contributed by atoms with Gasteiger partial charge in [-0.1, -0.05) is 30.3 Å². The van der Waals surface area contributed by atoms with Gasteiger partial charge >= 0.3 is 0 Å². The lowest BCUT2D eigenvalue weighted by Gasteiger charge is -2.21. The van der Waals surface area contributed by atoms with Crippen molar-refractivity contribution in [2.24, 2.45) is 0 Å². The molecule has 7 nitrogen and oxygen atoms in total. The summed E-state index contributed by atoms with van der Waals surface area (Å²) < 4.78 is 49.2. The Balaban J connectivity index is 2.63. The van der Waals surface area contributed by atoms with E-state index >= 15 is 0 Å². The summed E-state index contributed by atoms with van der Waals surface area (Å²) in [4.78, 5) is 11.7. The van der Waals surface area contributed by atoms with Crippen molar-refractivity contribution in [3.8, 4) is 0 Å². The second kappa shape index (κ2) is 6.50. The molecule has 0 bridgehead atoms. The largest absolute Gasteiger partial charge is 0.289 e. The number of hydrogen-bond acceptors (Lipinski definition) is 6. The number of benzene rings is 2. The average molecular weight is 371 g/mol. The van der Waals surface area contributed by atoms with Crippen LogP contribution in [0.5, 0.6) is 0 Å². The number of amides is 1. The van der Waals surface area contributed by atoms with Gasteiger partial charge in [-0.2, -0.15) is 0 Å². The molecule has 0 spiro atoms. The van der Waals surface area contributed by atoms with Crippen LogP contribution < -0.4 is 5.48 Å². The Bertz CT molecular complexity index is 982. The third-order valence-electron chi connectivity index (χ3n) is 3.85. The van der Waals surface area contributed by atoms with Crippen LogP contribution in [0.1, 0.15) is 6.92 Å². The first kappa shape index (κ1) is 18.4. The molecule has 0 aliphatic rings. The van der Waals surface area contributed by atoms with Crippen LogP contribution >= 0.6 is 0 Å². The van der Waals surface area contributed by atoms with Crippen molar-refractivity contribution >= 4 is 36.4 Å². The maximum atomic E-state index is 12.8. The predicted octanol–water partition coefficient (Wildman–Crippen LogP) is 0.921. The minimum atomic E-state index is -4.34. The van der Waals surface area contributed by atoms with Gasteiger partial charge in [-0.3, -0.25) is 10.0 Å². The van der Waals surface area contributed by atoms with Crippen molar-refractivity contribution in [2.45, 2.75) is 22.3 Å². The van der Waals surface area contributed by atoms with E-state index in [0.717, 1.165) is 18.6 Å². The van der Waals surface area contributed by atoms with Crippen molar-refractivity contribution in [3.05, 3.63) is 42.5 Å². The lowest BCUT2D eigenvalue weighted by atomic mass is 10.1. The lowest BCUT2D eigenvalue weighted by Crippen LogP contribution is -2.48. The molecule has 0 heterocycles. The lowest BCUT2D eigenvalue weighted by molar-refractivity contribution is -0.128. The number of nitrogens with one attached hydrogen (secondary N) is 1. The molecule has 0 radical (unpaired) electrons. The Morgan fingerprint density at radius 3 is 2.17 bits per heavy atom. The fourth-order valence-corrected chi connectivity index (χ4v) is 5.68. The second-order valence-electron chi connectivity index (χ2n) is 5.49. The van der Waals surface area contributed by atoms with Crippen LogP contribution in [-0.2, 0) is 24.5 Å². The van der Waals surface area contributed by atoms with E-state index in [1.807, 2.05) is 0 Å². The first-order valence-electron chi connectivity index (χ1n) is 6.94. The zero-order chi connectivity index (χ0) is 18.1. The van der Waals surface area contributed by atoms with Crippen molar-refractivity contribution in [3.63, 3.8) is 0 Å². The molecule has 2 rings (SSSR count). The van der Waals surface area contributed by atoms with Gasteiger partial charge in [-0.25, -0.2) is 22.3 Å². The smallest absolute Gasteiger partial charge is 0.263 e. The molecule has 0 aromatic heterocycles. The quantitative estimate of drug-likeness (QED) is 0.596. The highest BCUT2D eigenvalue weighted by Crippen LogP contribution is 2.25. The predicted molar refractivity (Wildman–Crippen MR) is 89.2 cm³/mol. The molecule has 130 valence electrons. The van der Waals surface area contributed by atoms with E-state index in [1.165, 1.54) is 17.6 Å². The van der Waals surface area contributed by atoms with Crippen LogP contribution in [0.15, 0.2) is 47.4 Å². The SMILES string of the molecule is CC(C(C(=O)NO)S(=O)(=O)c1ccc2ccccc2c1)S(C)(=O)=O. The fourth-order valence-electron chi connectivity index (χ4n) is 2.39. The standard InChI is InChI=1S/C15H17NO6S2/c1-10(23(2,19)20)14(15(17)16-18)24(21,22)13-8-7-11-5-3-4-6-12(11)9-13/h3-10,14,18H,1-2H3,(H,16,17). The normalized spacial score (nSPS) is 15.0. The maximum absolute atomic E-state index is 12.8. The molecule has 2 aromatic rings. The highest BCUT2D eigenvalue weighted by atomic mass is 32.2. The second-order valence-corrected chi connectivity index (χ2v) is 9.96. The summed E-state index contributed by atoms with van der Waals surface area (Å²) in [5.41, 5.74) is 1.25. The summed E-state index contributed by atoms with van der Waals surface area (Å²) in [6.45, 7) is 1.12. The van der Waals surface area contributed by atoms with Crippen LogP contribution in [0.2, 0.25) is 0 Å². The third-order valence-corrected chi connectivity index (χ3v) is 7.85. The maximum Gasteiger partial charge on any atom is 0.263 e. The zero-order valence-corrected chi connectivity index (χ0v) is 14.6. The molecule has 9 heteroatoms. The summed E-state index contributed by atoms with van der Waals surface area (Å²) in [6, 6.07) is 11.3. The number of carbonyl (C=O) groups is 1. The third kappa shape index (κ3) is 3.42. The minimum Gasteiger partial charge on any atom is -0.289 e. The molecule has 0 aliphatic carbocycles. The summed E-state index contributed by atoms with van der Waals surface area (Å²) in [6.07, 6.45) is 0.839. The van der Waals surface area contributed by atoms with Gasteiger partial charge in [0.1, 0.15) is 0 Å². The van der Waals surface area contributed by atoms with E-state index < -0.39 is 36.1 Å².